The Morgan fingerprint density at radius 2 is 1.96 bits per heavy atom. The number of nitrogens with zero attached hydrogens (tertiary/aromatic N) is 1. The first kappa shape index (κ1) is 17.0. The van der Waals surface area contributed by atoms with Crippen molar-refractivity contribution in [1.82, 2.24) is 4.90 Å². The van der Waals surface area contributed by atoms with Gasteiger partial charge in [0.15, 0.2) is 0 Å². The van der Waals surface area contributed by atoms with E-state index in [2.05, 4.69) is 11.0 Å². The fourth-order valence-corrected chi connectivity index (χ4v) is 5.32. The van der Waals surface area contributed by atoms with Crippen LogP contribution >= 0.6 is 0 Å². The molecule has 4 nitrogen and oxygen atoms in total. The molecule has 1 amide bonds. The van der Waals surface area contributed by atoms with Crippen LogP contribution < -0.4 is 5.73 Å². The molecule has 3 atom stereocenters. The quantitative estimate of drug-likeness (QED) is 0.864. The second-order valence-corrected chi connectivity index (χ2v) is 8.26. The first-order valence-electron chi connectivity index (χ1n) is 9.81. The molecule has 4 rings (SSSR count). The van der Waals surface area contributed by atoms with Crippen LogP contribution in [0.4, 0.5) is 0 Å². The van der Waals surface area contributed by atoms with Crippen LogP contribution in [-0.2, 0) is 10.3 Å². The highest BCUT2D eigenvalue weighted by molar-refractivity contribution is 5.92. The summed E-state index contributed by atoms with van der Waals surface area (Å²) in [6, 6.07) is 7.85. The predicted octanol–water partition coefficient (Wildman–Crippen LogP) is 3.16. The molecule has 1 aliphatic heterocycles. The van der Waals surface area contributed by atoms with Crippen LogP contribution in [0.15, 0.2) is 24.3 Å². The summed E-state index contributed by atoms with van der Waals surface area (Å²) in [7, 11) is 1.85. The van der Waals surface area contributed by atoms with Gasteiger partial charge >= 0.3 is 0 Å². The molecule has 1 aromatic carbocycles. The van der Waals surface area contributed by atoms with Crippen LogP contribution in [0, 0.1) is 17.8 Å². The summed E-state index contributed by atoms with van der Waals surface area (Å²) in [4.78, 5) is 14.3. The number of carbonyl (C=O) groups is 1. The Labute approximate surface area is 150 Å². The third-order valence-corrected chi connectivity index (χ3v) is 6.76. The van der Waals surface area contributed by atoms with Gasteiger partial charge in [0.05, 0.1) is 0 Å². The summed E-state index contributed by atoms with van der Waals surface area (Å²) >= 11 is 0. The van der Waals surface area contributed by atoms with E-state index >= 15 is 0 Å². The fourth-order valence-electron chi connectivity index (χ4n) is 5.32. The molecular weight excluding hydrogens is 312 g/mol. The summed E-state index contributed by atoms with van der Waals surface area (Å²) < 4.78 is 6.27. The average molecular weight is 342 g/mol. The molecule has 2 saturated carbocycles. The highest BCUT2D eigenvalue weighted by Gasteiger charge is 2.53. The van der Waals surface area contributed by atoms with Crippen LogP contribution in [0.25, 0.3) is 0 Å². The molecule has 0 radical (unpaired) electrons. The van der Waals surface area contributed by atoms with E-state index in [9.17, 15) is 4.79 Å². The maximum Gasteiger partial charge on any atom is 0.248 e. The Hall–Kier alpha value is -1.39. The first-order chi connectivity index (χ1) is 12.1. The van der Waals surface area contributed by atoms with Crippen LogP contribution in [0.2, 0.25) is 0 Å². The van der Waals surface area contributed by atoms with Gasteiger partial charge in [0.1, 0.15) is 5.60 Å². The number of amides is 1. The fraction of sp³-hybridized carbons (Fsp3) is 0.667. The summed E-state index contributed by atoms with van der Waals surface area (Å²) in [5, 5.41) is 0. The highest BCUT2D eigenvalue weighted by atomic mass is 16.5. The van der Waals surface area contributed by atoms with Gasteiger partial charge in [0, 0.05) is 37.6 Å². The van der Waals surface area contributed by atoms with Crippen LogP contribution in [0.5, 0.6) is 0 Å². The molecule has 0 unspecified atom stereocenters. The molecular formula is C21H30N2O2. The van der Waals surface area contributed by atoms with Crippen molar-refractivity contribution in [2.75, 3.05) is 26.7 Å². The minimum atomic E-state index is -0.361. The third-order valence-electron chi connectivity index (χ3n) is 6.76. The molecule has 4 heteroatoms. The lowest BCUT2D eigenvalue weighted by atomic mass is 9.62. The number of methoxy groups -OCH3 is 1. The number of hydrogen-bond acceptors (Lipinski definition) is 3. The van der Waals surface area contributed by atoms with Gasteiger partial charge < -0.3 is 15.4 Å². The Morgan fingerprint density at radius 3 is 2.56 bits per heavy atom. The van der Waals surface area contributed by atoms with E-state index in [0.29, 0.717) is 17.4 Å². The monoisotopic (exact) mass is 342 g/mol. The van der Waals surface area contributed by atoms with E-state index in [0.717, 1.165) is 24.6 Å². The molecule has 0 aromatic heterocycles. The van der Waals surface area contributed by atoms with Crippen molar-refractivity contribution in [2.24, 2.45) is 23.5 Å². The van der Waals surface area contributed by atoms with Gasteiger partial charge in [-0.3, -0.25) is 4.79 Å². The lowest BCUT2D eigenvalue weighted by Gasteiger charge is -2.55. The molecule has 2 N–H and O–H groups in total. The average Bonchev–Trinajstić information content (AvgIpc) is 3.43. The number of benzene rings is 1. The molecule has 3 aliphatic rings. The Balaban J connectivity index is 1.61. The molecule has 136 valence electrons. The van der Waals surface area contributed by atoms with Gasteiger partial charge in [-0.1, -0.05) is 31.4 Å². The van der Waals surface area contributed by atoms with Crippen molar-refractivity contribution in [3.05, 3.63) is 35.4 Å². The summed E-state index contributed by atoms with van der Waals surface area (Å²) in [5.74, 6) is 1.61. The standard InChI is InChI=1S/C21H30N2O2/c1-25-21(17-5-2-4-16(12-17)20(22)24)18-6-3-7-19(21)14-23(13-18)11-10-15-8-9-15/h2,4-5,12,15,18-19H,3,6-11,13-14H2,1H3,(H2,22,24)/t18-,19+,21+. The zero-order valence-electron chi connectivity index (χ0n) is 15.2. The number of fused-ring (bicyclic) bond motifs is 2. The Bertz CT molecular complexity index is 627. The minimum Gasteiger partial charge on any atom is -0.373 e. The smallest absolute Gasteiger partial charge is 0.248 e. The highest BCUT2D eigenvalue weighted by Crippen LogP contribution is 2.51. The van der Waals surface area contributed by atoms with Gasteiger partial charge in [-0.2, -0.15) is 0 Å². The van der Waals surface area contributed by atoms with E-state index < -0.39 is 0 Å². The molecule has 2 bridgehead atoms. The number of piperidine rings is 1. The first-order valence-corrected chi connectivity index (χ1v) is 9.81. The molecule has 1 saturated heterocycles. The Morgan fingerprint density at radius 1 is 1.24 bits per heavy atom. The van der Waals surface area contributed by atoms with Crippen molar-refractivity contribution in [3.8, 4) is 0 Å². The van der Waals surface area contributed by atoms with Gasteiger partial charge in [0.2, 0.25) is 5.91 Å². The SMILES string of the molecule is CO[C@@]1(c2cccc(C(N)=O)c2)[C@@H]2CCC[C@H]1CN(CCC1CC1)C2. The molecule has 25 heavy (non-hydrogen) atoms. The number of hydrogen-bond donors (Lipinski definition) is 1. The van der Waals surface area contributed by atoms with Crippen LogP contribution in [0.3, 0.4) is 0 Å². The molecule has 3 fully saturated rings. The van der Waals surface area contributed by atoms with Gasteiger partial charge in [-0.15, -0.1) is 0 Å². The number of likely N-dealkylation sites (tertiary alicyclic amines) is 1. The number of primary amides is 1. The lowest BCUT2D eigenvalue weighted by Crippen LogP contribution is -2.59. The lowest BCUT2D eigenvalue weighted by molar-refractivity contribution is -0.169. The maximum atomic E-state index is 11.7. The van der Waals surface area contributed by atoms with Crippen molar-refractivity contribution >= 4 is 5.91 Å². The van der Waals surface area contributed by atoms with Crippen molar-refractivity contribution in [1.29, 1.82) is 0 Å². The molecule has 0 spiro atoms. The van der Waals surface area contributed by atoms with Crippen LogP contribution in [-0.4, -0.2) is 37.6 Å². The van der Waals surface area contributed by atoms with Gasteiger partial charge in [0.25, 0.3) is 0 Å². The molecule has 2 aliphatic carbocycles. The number of carbonyl (C=O) groups excluding carboxylic acids is 1. The van der Waals surface area contributed by atoms with Crippen LogP contribution in [0.1, 0.15) is 54.4 Å². The maximum absolute atomic E-state index is 11.7. The largest absolute Gasteiger partial charge is 0.373 e. The van der Waals surface area contributed by atoms with E-state index in [1.54, 1.807) is 6.07 Å². The second kappa shape index (κ2) is 6.73. The Kier molecular flexibility index (Phi) is 4.59. The van der Waals surface area contributed by atoms with Gasteiger partial charge in [-0.25, -0.2) is 0 Å². The van der Waals surface area contributed by atoms with Crippen molar-refractivity contribution < 1.29 is 9.53 Å². The van der Waals surface area contributed by atoms with Crippen molar-refractivity contribution in [2.45, 2.75) is 44.1 Å². The van der Waals surface area contributed by atoms with E-state index in [1.807, 2.05) is 19.2 Å². The summed E-state index contributed by atoms with van der Waals surface area (Å²) in [6.07, 6.45) is 7.91. The van der Waals surface area contributed by atoms with E-state index in [4.69, 9.17) is 10.5 Å². The van der Waals surface area contributed by atoms with E-state index in [-0.39, 0.29) is 11.5 Å². The van der Waals surface area contributed by atoms with E-state index in [1.165, 1.54) is 45.1 Å². The normalized spacial score (nSPS) is 32.5. The topological polar surface area (TPSA) is 55.6 Å². The van der Waals surface area contributed by atoms with Crippen molar-refractivity contribution in [3.63, 3.8) is 0 Å². The molecule has 1 aromatic rings. The minimum absolute atomic E-state index is 0.264. The zero-order valence-corrected chi connectivity index (χ0v) is 15.2. The molecule has 1 heterocycles. The summed E-state index contributed by atoms with van der Waals surface area (Å²) in [6.45, 7) is 3.45. The summed E-state index contributed by atoms with van der Waals surface area (Å²) in [5.41, 5.74) is 6.98. The predicted molar refractivity (Wildman–Crippen MR) is 98.3 cm³/mol. The second-order valence-electron chi connectivity index (χ2n) is 8.26. The number of nitrogens with two attached hydrogens (primary N) is 1. The van der Waals surface area contributed by atoms with Gasteiger partial charge in [-0.05, 0) is 49.4 Å². The number of ether oxygens (including phenoxy) is 1. The third kappa shape index (κ3) is 3.11. The number of rotatable bonds is 6. The zero-order chi connectivity index (χ0) is 17.4.